The van der Waals surface area contributed by atoms with Crippen molar-refractivity contribution in [2.24, 2.45) is 0 Å². The van der Waals surface area contributed by atoms with E-state index >= 15 is 0 Å². The predicted molar refractivity (Wildman–Crippen MR) is 80.8 cm³/mol. The van der Waals surface area contributed by atoms with E-state index in [9.17, 15) is 0 Å². The quantitative estimate of drug-likeness (QED) is 0.644. The van der Waals surface area contributed by atoms with Crippen LogP contribution in [0, 0.1) is 6.92 Å². The van der Waals surface area contributed by atoms with Gasteiger partial charge in [-0.05, 0) is 41.6 Å². The van der Waals surface area contributed by atoms with Gasteiger partial charge in [0.25, 0.3) is 0 Å². The van der Waals surface area contributed by atoms with Crippen LogP contribution in [0.25, 0.3) is 21.2 Å². The topological polar surface area (TPSA) is 52.0 Å². The summed E-state index contributed by atoms with van der Waals surface area (Å²) < 4.78 is 1.27. The molecular formula is C15H14N2S. The monoisotopic (exact) mass is 254 g/mol. The lowest BCUT2D eigenvalue weighted by atomic mass is 10.0. The SMILES string of the molecule is Cc1ccc(N)c2c(-c3ccc(N)cc3)csc12. The number of rotatable bonds is 1. The van der Waals surface area contributed by atoms with Gasteiger partial charge in [0.15, 0.2) is 0 Å². The Labute approximate surface area is 110 Å². The molecule has 0 radical (unpaired) electrons. The van der Waals surface area contributed by atoms with Crippen LogP contribution in [0.4, 0.5) is 11.4 Å². The van der Waals surface area contributed by atoms with Gasteiger partial charge in [-0.1, -0.05) is 18.2 Å². The fourth-order valence-electron chi connectivity index (χ4n) is 2.18. The van der Waals surface area contributed by atoms with E-state index in [0.29, 0.717) is 0 Å². The highest BCUT2D eigenvalue weighted by Gasteiger charge is 2.10. The molecule has 0 spiro atoms. The van der Waals surface area contributed by atoms with Crippen molar-refractivity contribution in [3.8, 4) is 11.1 Å². The number of aryl methyl sites for hydroxylation is 1. The highest BCUT2D eigenvalue weighted by atomic mass is 32.1. The molecule has 0 saturated heterocycles. The first kappa shape index (κ1) is 11.1. The molecule has 0 atom stereocenters. The standard InChI is InChI=1S/C15H14N2S/c1-9-2-7-13(17)14-12(8-18-15(9)14)10-3-5-11(16)6-4-10/h2-8H,16-17H2,1H3. The van der Waals surface area contributed by atoms with E-state index < -0.39 is 0 Å². The minimum absolute atomic E-state index is 0.780. The van der Waals surface area contributed by atoms with Crippen LogP contribution in [0.15, 0.2) is 41.8 Å². The van der Waals surface area contributed by atoms with Gasteiger partial charge >= 0.3 is 0 Å². The minimum Gasteiger partial charge on any atom is -0.399 e. The van der Waals surface area contributed by atoms with Crippen molar-refractivity contribution < 1.29 is 0 Å². The Hall–Kier alpha value is -2.00. The van der Waals surface area contributed by atoms with E-state index in [0.717, 1.165) is 22.3 Å². The molecule has 90 valence electrons. The largest absolute Gasteiger partial charge is 0.399 e. The van der Waals surface area contributed by atoms with Gasteiger partial charge in [0.2, 0.25) is 0 Å². The van der Waals surface area contributed by atoms with Crippen molar-refractivity contribution >= 4 is 32.8 Å². The van der Waals surface area contributed by atoms with Crippen LogP contribution in [-0.4, -0.2) is 0 Å². The molecule has 18 heavy (non-hydrogen) atoms. The van der Waals surface area contributed by atoms with E-state index in [2.05, 4.69) is 18.4 Å². The van der Waals surface area contributed by atoms with E-state index in [1.54, 1.807) is 11.3 Å². The number of hydrogen-bond donors (Lipinski definition) is 2. The van der Waals surface area contributed by atoms with Gasteiger partial charge in [0, 0.05) is 27.0 Å². The maximum absolute atomic E-state index is 6.12. The maximum atomic E-state index is 6.12. The number of thiophene rings is 1. The molecule has 2 aromatic carbocycles. The van der Waals surface area contributed by atoms with E-state index in [-0.39, 0.29) is 0 Å². The number of benzene rings is 2. The molecule has 0 amide bonds. The summed E-state index contributed by atoms with van der Waals surface area (Å²) in [6.45, 7) is 2.12. The predicted octanol–water partition coefficient (Wildman–Crippen LogP) is 4.04. The zero-order valence-electron chi connectivity index (χ0n) is 10.1. The Morgan fingerprint density at radius 2 is 1.67 bits per heavy atom. The first-order chi connectivity index (χ1) is 8.66. The number of anilines is 2. The Kier molecular flexibility index (Phi) is 2.49. The van der Waals surface area contributed by atoms with Crippen molar-refractivity contribution in [2.45, 2.75) is 6.92 Å². The van der Waals surface area contributed by atoms with Crippen LogP contribution >= 0.6 is 11.3 Å². The molecule has 1 heterocycles. The molecule has 0 saturated carbocycles. The van der Waals surface area contributed by atoms with Crippen LogP contribution in [0.1, 0.15) is 5.56 Å². The smallest absolute Gasteiger partial charge is 0.0408 e. The highest BCUT2D eigenvalue weighted by Crippen LogP contribution is 2.39. The molecule has 4 N–H and O–H groups in total. The van der Waals surface area contributed by atoms with Crippen molar-refractivity contribution in [1.29, 1.82) is 0 Å². The van der Waals surface area contributed by atoms with Crippen LogP contribution in [0.3, 0.4) is 0 Å². The zero-order valence-corrected chi connectivity index (χ0v) is 10.9. The number of hydrogen-bond acceptors (Lipinski definition) is 3. The van der Waals surface area contributed by atoms with Crippen molar-refractivity contribution in [1.82, 2.24) is 0 Å². The third kappa shape index (κ3) is 1.64. The molecule has 3 heteroatoms. The summed E-state index contributed by atoms with van der Waals surface area (Å²) in [4.78, 5) is 0. The summed E-state index contributed by atoms with van der Waals surface area (Å²) in [7, 11) is 0. The first-order valence-electron chi connectivity index (χ1n) is 5.79. The molecule has 0 aliphatic rings. The summed E-state index contributed by atoms with van der Waals surface area (Å²) >= 11 is 1.74. The second-order valence-corrected chi connectivity index (χ2v) is 5.33. The summed E-state index contributed by atoms with van der Waals surface area (Å²) in [5, 5.41) is 3.32. The van der Waals surface area contributed by atoms with Gasteiger partial charge in [-0.15, -0.1) is 11.3 Å². The Morgan fingerprint density at radius 1 is 0.944 bits per heavy atom. The molecule has 0 unspecified atom stereocenters. The number of nitrogens with two attached hydrogens (primary N) is 2. The molecule has 0 aliphatic carbocycles. The lowest BCUT2D eigenvalue weighted by molar-refractivity contribution is 1.56. The average Bonchev–Trinajstić information content (AvgIpc) is 2.81. The molecule has 0 fully saturated rings. The van der Waals surface area contributed by atoms with Crippen LogP contribution in [0.2, 0.25) is 0 Å². The van der Waals surface area contributed by atoms with Gasteiger partial charge in [0.05, 0.1) is 0 Å². The van der Waals surface area contributed by atoms with Gasteiger partial charge in [0.1, 0.15) is 0 Å². The third-order valence-electron chi connectivity index (χ3n) is 3.17. The van der Waals surface area contributed by atoms with Gasteiger partial charge in [-0.2, -0.15) is 0 Å². The van der Waals surface area contributed by atoms with E-state index in [1.807, 2.05) is 30.3 Å². The molecule has 1 aromatic heterocycles. The van der Waals surface area contributed by atoms with Crippen molar-refractivity contribution in [3.63, 3.8) is 0 Å². The molecule has 0 aliphatic heterocycles. The third-order valence-corrected chi connectivity index (χ3v) is 4.29. The second kappa shape index (κ2) is 4.03. The lowest BCUT2D eigenvalue weighted by Crippen LogP contribution is -1.88. The van der Waals surface area contributed by atoms with Gasteiger partial charge in [-0.3, -0.25) is 0 Å². The average molecular weight is 254 g/mol. The molecular weight excluding hydrogens is 240 g/mol. The summed E-state index contributed by atoms with van der Waals surface area (Å²) in [6.07, 6.45) is 0. The van der Waals surface area contributed by atoms with E-state index in [4.69, 9.17) is 11.5 Å². The normalized spacial score (nSPS) is 10.9. The van der Waals surface area contributed by atoms with Crippen molar-refractivity contribution in [3.05, 3.63) is 47.3 Å². The fourth-order valence-corrected chi connectivity index (χ4v) is 3.27. The zero-order chi connectivity index (χ0) is 12.7. The lowest BCUT2D eigenvalue weighted by Gasteiger charge is -2.04. The fraction of sp³-hybridized carbons (Fsp3) is 0.0667. The molecule has 3 rings (SSSR count). The first-order valence-corrected chi connectivity index (χ1v) is 6.67. The number of nitrogen functional groups attached to an aromatic ring is 2. The summed E-state index contributed by atoms with van der Waals surface area (Å²) in [5.41, 5.74) is 17.1. The summed E-state index contributed by atoms with van der Waals surface area (Å²) in [6, 6.07) is 12.0. The van der Waals surface area contributed by atoms with Crippen LogP contribution < -0.4 is 11.5 Å². The van der Waals surface area contributed by atoms with Gasteiger partial charge < -0.3 is 11.5 Å². The maximum Gasteiger partial charge on any atom is 0.0408 e. The molecule has 3 aromatic rings. The Morgan fingerprint density at radius 3 is 2.39 bits per heavy atom. The van der Waals surface area contributed by atoms with Gasteiger partial charge in [-0.25, -0.2) is 0 Å². The van der Waals surface area contributed by atoms with Crippen LogP contribution in [0.5, 0.6) is 0 Å². The molecule has 2 nitrogen and oxygen atoms in total. The van der Waals surface area contributed by atoms with Crippen molar-refractivity contribution in [2.75, 3.05) is 11.5 Å². The Balaban J connectivity index is 2.30. The molecule has 0 bridgehead atoms. The Bertz CT molecular complexity index is 711. The second-order valence-electron chi connectivity index (χ2n) is 4.45. The summed E-state index contributed by atoms with van der Waals surface area (Å²) in [5.74, 6) is 0. The van der Waals surface area contributed by atoms with E-state index in [1.165, 1.54) is 15.8 Å². The minimum atomic E-state index is 0.780. The highest BCUT2D eigenvalue weighted by molar-refractivity contribution is 7.18. The van der Waals surface area contributed by atoms with Crippen LogP contribution in [-0.2, 0) is 0 Å². The number of fused-ring (bicyclic) bond motifs is 1.